The van der Waals surface area contributed by atoms with E-state index >= 15 is 0 Å². The first-order valence-corrected chi connectivity index (χ1v) is 9.70. The maximum atomic E-state index is 5.48. The summed E-state index contributed by atoms with van der Waals surface area (Å²) in [6, 6.07) is 11.0. The molecular weight excluding hydrogens is 467 g/mol. The second-order valence-corrected chi connectivity index (χ2v) is 7.05. The molecule has 7 nitrogen and oxygen atoms in total. The molecule has 8 heteroatoms. The van der Waals surface area contributed by atoms with Gasteiger partial charge in [0.1, 0.15) is 0 Å². The van der Waals surface area contributed by atoms with Crippen LogP contribution in [0, 0.1) is 0 Å². The highest BCUT2D eigenvalue weighted by molar-refractivity contribution is 14.0. The van der Waals surface area contributed by atoms with Gasteiger partial charge in [0.05, 0.1) is 18.9 Å². The molecule has 0 bridgehead atoms. The lowest BCUT2D eigenvalue weighted by atomic mass is 10.2. The quantitative estimate of drug-likeness (QED) is 0.399. The minimum absolute atomic E-state index is 0. The Balaban J connectivity index is 0.00000225. The van der Waals surface area contributed by atoms with Crippen LogP contribution in [-0.2, 0) is 11.3 Å². The number of ether oxygens (including phenoxy) is 1. The molecule has 0 radical (unpaired) electrons. The van der Waals surface area contributed by atoms with Crippen LogP contribution in [-0.4, -0.2) is 78.0 Å². The highest BCUT2D eigenvalue weighted by Crippen LogP contribution is 2.17. The predicted octanol–water partition coefficient (Wildman–Crippen LogP) is 1.97. The fourth-order valence-corrected chi connectivity index (χ4v) is 3.88. The van der Waals surface area contributed by atoms with Gasteiger partial charge in [-0.25, -0.2) is 4.68 Å². The van der Waals surface area contributed by atoms with Crippen LogP contribution in [0.15, 0.2) is 47.7 Å². The van der Waals surface area contributed by atoms with Crippen molar-refractivity contribution in [3.63, 3.8) is 0 Å². The number of hydrogen-bond donors (Lipinski definition) is 1. The van der Waals surface area contributed by atoms with Gasteiger partial charge < -0.3 is 15.0 Å². The number of halogens is 1. The number of aliphatic imine (C=N–C) groups is 1. The van der Waals surface area contributed by atoms with Gasteiger partial charge in [0.2, 0.25) is 0 Å². The van der Waals surface area contributed by atoms with Crippen molar-refractivity contribution in [1.82, 2.24) is 24.9 Å². The molecular formula is C20H29IN6O. The van der Waals surface area contributed by atoms with Crippen molar-refractivity contribution in [2.24, 2.45) is 4.99 Å². The van der Waals surface area contributed by atoms with Crippen LogP contribution in [0.3, 0.4) is 0 Å². The number of guanidine groups is 1. The molecule has 0 spiro atoms. The van der Waals surface area contributed by atoms with Crippen molar-refractivity contribution in [2.45, 2.75) is 19.0 Å². The number of nitrogens with zero attached hydrogens (tertiary/aromatic N) is 5. The van der Waals surface area contributed by atoms with Gasteiger partial charge in [-0.15, -0.1) is 24.0 Å². The van der Waals surface area contributed by atoms with Gasteiger partial charge in [-0.05, 0) is 30.2 Å². The number of morpholine rings is 1. The Morgan fingerprint density at radius 1 is 1.21 bits per heavy atom. The lowest BCUT2D eigenvalue weighted by Crippen LogP contribution is -2.46. The SMILES string of the molecule is CN=C(NCc1ccc(-n2cccn2)cc1)N1CCC(N2CCOCC2)C1.I. The molecule has 1 aromatic carbocycles. The summed E-state index contributed by atoms with van der Waals surface area (Å²) in [5, 5.41) is 7.78. The van der Waals surface area contributed by atoms with E-state index in [0.717, 1.165) is 57.6 Å². The normalized spacial score (nSPS) is 20.8. The minimum Gasteiger partial charge on any atom is -0.379 e. The van der Waals surface area contributed by atoms with E-state index in [1.165, 1.54) is 12.0 Å². The molecule has 2 aliphatic rings. The van der Waals surface area contributed by atoms with Gasteiger partial charge in [-0.1, -0.05) is 12.1 Å². The first kappa shape index (κ1) is 21.1. The third-order valence-corrected chi connectivity index (χ3v) is 5.39. The Morgan fingerprint density at radius 3 is 2.68 bits per heavy atom. The number of nitrogens with one attached hydrogen (secondary N) is 1. The van der Waals surface area contributed by atoms with E-state index in [0.29, 0.717) is 6.04 Å². The molecule has 28 heavy (non-hydrogen) atoms. The van der Waals surface area contributed by atoms with Gasteiger partial charge in [0.15, 0.2) is 5.96 Å². The average molecular weight is 496 g/mol. The third-order valence-electron chi connectivity index (χ3n) is 5.39. The molecule has 152 valence electrons. The average Bonchev–Trinajstić information content (AvgIpc) is 3.42. The monoisotopic (exact) mass is 496 g/mol. The zero-order valence-electron chi connectivity index (χ0n) is 16.3. The summed E-state index contributed by atoms with van der Waals surface area (Å²) < 4.78 is 7.34. The molecule has 3 heterocycles. The van der Waals surface area contributed by atoms with Crippen molar-refractivity contribution in [3.8, 4) is 5.69 Å². The summed E-state index contributed by atoms with van der Waals surface area (Å²) in [5.74, 6) is 0.988. The molecule has 0 aliphatic carbocycles. The minimum atomic E-state index is 0. The molecule has 1 N–H and O–H groups in total. The smallest absolute Gasteiger partial charge is 0.193 e. The molecule has 2 aromatic rings. The van der Waals surface area contributed by atoms with E-state index in [2.05, 4.69) is 49.5 Å². The van der Waals surface area contributed by atoms with Crippen molar-refractivity contribution >= 4 is 29.9 Å². The predicted molar refractivity (Wildman–Crippen MR) is 122 cm³/mol. The molecule has 1 unspecified atom stereocenters. The van der Waals surface area contributed by atoms with Gasteiger partial charge in [-0.2, -0.15) is 5.10 Å². The molecule has 1 atom stereocenters. The van der Waals surface area contributed by atoms with Gasteiger partial charge in [0.25, 0.3) is 0 Å². The number of hydrogen-bond acceptors (Lipinski definition) is 4. The molecule has 0 amide bonds. The van der Waals surface area contributed by atoms with Crippen LogP contribution >= 0.6 is 24.0 Å². The molecule has 0 saturated carbocycles. The highest BCUT2D eigenvalue weighted by atomic mass is 127. The summed E-state index contributed by atoms with van der Waals surface area (Å²) in [5.41, 5.74) is 2.30. The Hall–Kier alpha value is -1.65. The maximum absolute atomic E-state index is 5.48. The summed E-state index contributed by atoms with van der Waals surface area (Å²) in [7, 11) is 1.87. The fourth-order valence-electron chi connectivity index (χ4n) is 3.88. The maximum Gasteiger partial charge on any atom is 0.193 e. The van der Waals surface area contributed by atoms with Gasteiger partial charge in [0, 0.05) is 58.2 Å². The Bertz CT molecular complexity index is 743. The number of rotatable bonds is 4. The standard InChI is InChI=1S/C20H28N6O.HI/c1-21-20(25-10-7-19(16-25)24-11-13-27-14-12-24)22-15-17-3-5-18(6-4-17)26-9-2-8-23-26;/h2-6,8-9,19H,7,10-16H2,1H3,(H,21,22);1H. The van der Waals surface area contributed by atoms with Crippen LogP contribution in [0.2, 0.25) is 0 Å². The van der Waals surface area contributed by atoms with E-state index < -0.39 is 0 Å². The van der Waals surface area contributed by atoms with Crippen molar-refractivity contribution in [1.29, 1.82) is 0 Å². The van der Waals surface area contributed by atoms with E-state index in [-0.39, 0.29) is 24.0 Å². The summed E-state index contributed by atoms with van der Waals surface area (Å²) >= 11 is 0. The Morgan fingerprint density at radius 2 is 2.00 bits per heavy atom. The van der Waals surface area contributed by atoms with E-state index in [1.54, 1.807) is 6.20 Å². The highest BCUT2D eigenvalue weighted by Gasteiger charge is 2.30. The van der Waals surface area contributed by atoms with Crippen LogP contribution in [0.4, 0.5) is 0 Å². The number of aromatic nitrogens is 2. The summed E-state index contributed by atoms with van der Waals surface area (Å²) in [6.45, 7) is 6.68. The largest absolute Gasteiger partial charge is 0.379 e. The molecule has 2 fully saturated rings. The van der Waals surface area contributed by atoms with Crippen LogP contribution in [0.5, 0.6) is 0 Å². The lowest BCUT2D eigenvalue weighted by molar-refractivity contribution is 0.0195. The zero-order valence-corrected chi connectivity index (χ0v) is 18.7. The van der Waals surface area contributed by atoms with E-state index in [4.69, 9.17) is 4.74 Å². The second-order valence-electron chi connectivity index (χ2n) is 7.05. The first-order chi connectivity index (χ1) is 13.3. The molecule has 2 saturated heterocycles. The Labute approximate surface area is 183 Å². The van der Waals surface area contributed by atoms with E-state index in [1.807, 2.05) is 24.0 Å². The van der Waals surface area contributed by atoms with Crippen molar-refractivity contribution < 1.29 is 4.74 Å². The lowest BCUT2D eigenvalue weighted by Gasteiger charge is -2.32. The molecule has 1 aromatic heterocycles. The molecule has 4 rings (SSSR count). The van der Waals surface area contributed by atoms with Crippen LogP contribution < -0.4 is 5.32 Å². The Kier molecular flexibility index (Phi) is 7.69. The fraction of sp³-hybridized carbons (Fsp3) is 0.500. The van der Waals surface area contributed by atoms with Crippen molar-refractivity contribution in [3.05, 3.63) is 48.3 Å². The van der Waals surface area contributed by atoms with E-state index in [9.17, 15) is 0 Å². The summed E-state index contributed by atoms with van der Waals surface area (Å²) in [4.78, 5) is 9.43. The van der Waals surface area contributed by atoms with Crippen LogP contribution in [0.1, 0.15) is 12.0 Å². The van der Waals surface area contributed by atoms with Crippen molar-refractivity contribution in [2.75, 3.05) is 46.4 Å². The third kappa shape index (κ3) is 5.03. The number of benzene rings is 1. The first-order valence-electron chi connectivity index (χ1n) is 9.70. The molecule has 2 aliphatic heterocycles. The summed E-state index contributed by atoms with van der Waals surface area (Å²) in [6.07, 6.45) is 4.94. The second kappa shape index (κ2) is 10.2. The topological polar surface area (TPSA) is 57.9 Å². The van der Waals surface area contributed by atoms with Gasteiger partial charge >= 0.3 is 0 Å². The number of likely N-dealkylation sites (tertiary alicyclic amines) is 1. The zero-order chi connectivity index (χ0) is 18.5. The van der Waals surface area contributed by atoms with Gasteiger partial charge in [-0.3, -0.25) is 9.89 Å². The van der Waals surface area contributed by atoms with Crippen LogP contribution in [0.25, 0.3) is 5.69 Å².